The Labute approximate surface area is 347 Å². The third kappa shape index (κ3) is 9.96. The molecule has 17 nitrogen and oxygen atoms in total. The van der Waals surface area contributed by atoms with E-state index in [0.29, 0.717) is 37.2 Å². The number of nitrogens with one attached hydrogen (secondary N) is 1. The first-order valence-corrected chi connectivity index (χ1v) is 20.9. The van der Waals surface area contributed by atoms with E-state index < -0.39 is 83.5 Å². The number of ketones is 1. The van der Waals surface area contributed by atoms with Gasteiger partial charge in [-0.2, -0.15) is 0 Å². The minimum atomic E-state index is -1.39. The fourth-order valence-electron chi connectivity index (χ4n) is 9.14. The van der Waals surface area contributed by atoms with E-state index in [-0.39, 0.29) is 37.4 Å². The monoisotopic (exact) mass is 827 g/mol. The van der Waals surface area contributed by atoms with Gasteiger partial charge in [0, 0.05) is 44.3 Å². The fraction of sp³-hybridized carbons (Fsp3) is 0.738. The summed E-state index contributed by atoms with van der Waals surface area (Å²) < 4.78 is 32.9. The summed E-state index contributed by atoms with van der Waals surface area (Å²) in [4.78, 5) is 64.2. The van der Waals surface area contributed by atoms with Gasteiger partial charge in [0.25, 0.3) is 0 Å². The Balaban J connectivity index is 1.41. The molecule has 17 heteroatoms. The van der Waals surface area contributed by atoms with Gasteiger partial charge in [-0.1, -0.05) is 32.1 Å². The van der Waals surface area contributed by atoms with Crippen molar-refractivity contribution >= 4 is 23.8 Å². The summed E-state index contributed by atoms with van der Waals surface area (Å²) in [5.41, 5.74) is -1.30. The average molecular weight is 828 g/mol. The van der Waals surface area contributed by atoms with E-state index >= 15 is 0 Å². The SMILES string of the molecule is CC[C@H]1OC(=O)[C@H](C)C(=O)[C@H](C)[C@@H](O[C@@H]2O[C@H](C)CC(N(C)C)C2O)[C@](C)(OC)C[C@@H](C)C(=O)N[C@H](C)[C@H]2N(CCCCn3cc(-c4ccccn4)nn3)C(=O)O[C@]12C. The molecule has 2 amide bonds. The molecule has 5 heterocycles. The van der Waals surface area contributed by atoms with Gasteiger partial charge in [-0.05, 0) is 93.0 Å². The summed E-state index contributed by atoms with van der Waals surface area (Å²) in [5.74, 6) is -4.49. The third-order valence-corrected chi connectivity index (χ3v) is 12.5. The molecule has 2 unspecified atom stereocenters. The number of hydrogen-bond donors (Lipinski definition) is 2. The van der Waals surface area contributed by atoms with Crippen molar-refractivity contribution in [1.29, 1.82) is 0 Å². The van der Waals surface area contributed by atoms with Crippen LogP contribution in [-0.4, -0.2) is 146 Å². The number of hydrogen-bond acceptors (Lipinski definition) is 14. The van der Waals surface area contributed by atoms with E-state index in [1.807, 2.05) is 64.2 Å². The number of esters is 1. The number of Topliss-reactive ketones (excluding diaryl/α,β-unsaturated/α-hetero) is 1. The predicted molar refractivity (Wildman–Crippen MR) is 215 cm³/mol. The number of amides is 2. The van der Waals surface area contributed by atoms with Gasteiger partial charge in [0.1, 0.15) is 23.8 Å². The number of aliphatic hydroxyl groups is 1. The van der Waals surface area contributed by atoms with Crippen molar-refractivity contribution < 1.29 is 48.0 Å². The number of ether oxygens (including phenoxy) is 5. The number of methoxy groups -OCH3 is 1. The Morgan fingerprint density at radius 3 is 2.39 bits per heavy atom. The van der Waals surface area contributed by atoms with Gasteiger partial charge >= 0.3 is 12.1 Å². The minimum absolute atomic E-state index is 0.0989. The van der Waals surface area contributed by atoms with Crippen molar-refractivity contribution in [3.8, 4) is 11.4 Å². The number of aliphatic hydroxyl groups excluding tert-OH is 1. The van der Waals surface area contributed by atoms with E-state index in [1.165, 1.54) is 14.0 Å². The maximum absolute atomic E-state index is 14.4. The maximum atomic E-state index is 14.4. The number of carbonyl (C=O) groups is 4. The molecule has 3 aliphatic heterocycles. The number of rotatable bonds is 11. The van der Waals surface area contributed by atoms with E-state index in [4.69, 9.17) is 23.7 Å². The second kappa shape index (κ2) is 19.1. The number of carbonyl (C=O) groups excluding carboxylic acids is 4. The van der Waals surface area contributed by atoms with E-state index in [1.54, 1.807) is 43.5 Å². The van der Waals surface area contributed by atoms with Gasteiger partial charge < -0.3 is 39.0 Å². The molecule has 3 saturated heterocycles. The summed E-state index contributed by atoms with van der Waals surface area (Å²) in [7, 11) is 5.21. The van der Waals surface area contributed by atoms with Crippen LogP contribution in [0.3, 0.4) is 0 Å². The molecule has 59 heavy (non-hydrogen) atoms. The Kier molecular flexibility index (Phi) is 14.9. The van der Waals surface area contributed by atoms with Crippen LogP contribution < -0.4 is 5.32 Å². The van der Waals surface area contributed by atoms with Crippen molar-refractivity contribution in [2.45, 2.75) is 154 Å². The number of aromatic nitrogens is 4. The molecule has 3 fully saturated rings. The molecular formula is C42H65N7O10. The molecule has 328 valence electrons. The van der Waals surface area contributed by atoms with Gasteiger partial charge in [0.15, 0.2) is 17.7 Å². The Morgan fingerprint density at radius 1 is 1.03 bits per heavy atom. The molecule has 13 atom stereocenters. The topological polar surface area (TPSA) is 197 Å². The molecular weight excluding hydrogens is 763 g/mol. The highest BCUT2D eigenvalue weighted by molar-refractivity contribution is 6.00. The number of likely N-dealkylation sites (N-methyl/N-ethyl adjacent to an activating group) is 1. The van der Waals surface area contributed by atoms with Crippen LogP contribution in [0.15, 0.2) is 30.6 Å². The van der Waals surface area contributed by atoms with Crippen molar-refractivity contribution in [3.05, 3.63) is 30.6 Å². The summed E-state index contributed by atoms with van der Waals surface area (Å²) in [6.45, 7) is 14.7. The molecule has 0 spiro atoms. The number of nitrogens with zero attached hydrogens (tertiary/aromatic N) is 6. The molecule has 0 bridgehead atoms. The zero-order valence-corrected chi connectivity index (χ0v) is 36.5. The summed E-state index contributed by atoms with van der Waals surface area (Å²) in [6, 6.07) is 3.88. The molecule has 2 aromatic heterocycles. The first kappa shape index (κ1) is 46.0. The van der Waals surface area contributed by atoms with Crippen LogP contribution in [0.5, 0.6) is 0 Å². The van der Waals surface area contributed by atoms with Crippen LogP contribution in [-0.2, 0) is 44.6 Å². The Morgan fingerprint density at radius 2 is 1.75 bits per heavy atom. The Bertz CT molecular complexity index is 1760. The minimum Gasteiger partial charge on any atom is -0.458 e. The number of pyridine rings is 1. The van der Waals surface area contributed by atoms with Crippen LogP contribution >= 0.6 is 0 Å². The predicted octanol–water partition coefficient (Wildman–Crippen LogP) is 3.62. The molecule has 5 rings (SSSR count). The molecule has 0 aliphatic carbocycles. The lowest BCUT2D eigenvalue weighted by Gasteiger charge is -2.46. The lowest BCUT2D eigenvalue weighted by atomic mass is 9.78. The largest absolute Gasteiger partial charge is 0.458 e. The third-order valence-electron chi connectivity index (χ3n) is 12.5. The fourth-order valence-corrected chi connectivity index (χ4v) is 9.14. The lowest BCUT2D eigenvalue weighted by molar-refractivity contribution is -0.295. The highest BCUT2D eigenvalue weighted by atomic mass is 16.7. The van der Waals surface area contributed by atoms with E-state index in [2.05, 4.69) is 20.6 Å². The molecule has 2 N–H and O–H groups in total. The lowest BCUT2D eigenvalue weighted by Crippen LogP contribution is -2.61. The molecule has 0 saturated carbocycles. The van der Waals surface area contributed by atoms with Crippen LogP contribution in [0.4, 0.5) is 4.79 Å². The van der Waals surface area contributed by atoms with Crippen LogP contribution in [0.25, 0.3) is 11.4 Å². The standard InChI is InChI=1S/C42H65N7O10/c1-12-32-42(8)35(49(40(54)59-42)20-16-15-19-48-23-30(45-46-48)29-17-13-14-18-43-29)28(6)44-37(52)24(2)22-41(7,55-11)36(26(4)33(50)27(5)38(53)57-32)58-39-34(51)31(47(9)10)21-25(3)56-39/h13-14,17-18,23-28,31-32,34-36,39,51H,12,15-16,19-22H2,1-11H3,(H,44,52)/t24-,25-,26+,27-,28-,31?,32-,34?,35-,36-,39+,41-,42-/m1/s1. The normalized spacial score (nSPS) is 36.4. The molecule has 3 aliphatic rings. The second-order valence-corrected chi connectivity index (χ2v) is 17.3. The number of aryl methyl sites for hydroxylation is 1. The van der Waals surface area contributed by atoms with Gasteiger partial charge in [-0.15, -0.1) is 5.10 Å². The number of unbranched alkanes of at least 4 members (excludes halogenated alkanes) is 1. The second-order valence-electron chi connectivity index (χ2n) is 17.3. The first-order chi connectivity index (χ1) is 27.8. The quantitative estimate of drug-likeness (QED) is 0.189. The van der Waals surface area contributed by atoms with E-state index in [0.717, 1.165) is 0 Å². The van der Waals surface area contributed by atoms with Gasteiger partial charge in [-0.3, -0.25) is 28.9 Å². The van der Waals surface area contributed by atoms with Crippen LogP contribution in [0.1, 0.15) is 87.5 Å². The summed E-state index contributed by atoms with van der Waals surface area (Å²) in [6.07, 6.45) is 0.588. The highest BCUT2D eigenvalue weighted by Gasteiger charge is 2.59. The van der Waals surface area contributed by atoms with Crippen LogP contribution in [0.2, 0.25) is 0 Å². The number of cyclic esters (lactones) is 1. The average Bonchev–Trinajstić information content (AvgIpc) is 3.78. The zero-order chi connectivity index (χ0) is 43.4. The molecule has 0 aromatic carbocycles. The highest BCUT2D eigenvalue weighted by Crippen LogP contribution is 2.40. The smallest absolute Gasteiger partial charge is 0.410 e. The first-order valence-electron chi connectivity index (χ1n) is 20.9. The van der Waals surface area contributed by atoms with Crippen molar-refractivity contribution in [3.63, 3.8) is 0 Å². The zero-order valence-electron chi connectivity index (χ0n) is 36.5. The van der Waals surface area contributed by atoms with E-state index in [9.17, 15) is 24.3 Å². The summed E-state index contributed by atoms with van der Waals surface area (Å²) in [5, 5.41) is 23.0. The summed E-state index contributed by atoms with van der Waals surface area (Å²) >= 11 is 0. The maximum Gasteiger partial charge on any atom is 0.410 e. The van der Waals surface area contributed by atoms with Crippen molar-refractivity contribution in [2.24, 2.45) is 17.8 Å². The van der Waals surface area contributed by atoms with Crippen molar-refractivity contribution in [2.75, 3.05) is 27.7 Å². The number of fused-ring (bicyclic) bond motifs is 1. The van der Waals surface area contributed by atoms with Gasteiger partial charge in [-0.25, -0.2) is 4.79 Å². The molecule has 2 aromatic rings. The van der Waals surface area contributed by atoms with Gasteiger partial charge in [0.05, 0.1) is 41.8 Å². The van der Waals surface area contributed by atoms with Crippen molar-refractivity contribution in [1.82, 2.24) is 35.1 Å². The van der Waals surface area contributed by atoms with Crippen LogP contribution in [0, 0.1) is 17.8 Å². The molecule has 0 radical (unpaired) electrons. The Hall–Kier alpha value is -4.03. The van der Waals surface area contributed by atoms with Gasteiger partial charge in [0.2, 0.25) is 5.91 Å².